The normalized spacial score (nSPS) is 23.7. The Kier molecular flexibility index (Phi) is 3.74. The molecule has 1 aliphatic carbocycles. The lowest BCUT2D eigenvalue weighted by atomic mass is 9.98. The molecule has 1 saturated carbocycles. The van der Waals surface area contributed by atoms with Crippen molar-refractivity contribution in [3.8, 4) is 11.4 Å². The van der Waals surface area contributed by atoms with Crippen LogP contribution in [0.15, 0.2) is 53.3 Å². The first kappa shape index (κ1) is 16.1. The van der Waals surface area contributed by atoms with Gasteiger partial charge in [-0.1, -0.05) is 5.16 Å². The lowest BCUT2D eigenvalue weighted by molar-refractivity contribution is 0.0538. The fourth-order valence-electron chi connectivity index (χ4n) is 4.31. The van der Waals surface area contributed by atoms with Crippen LogP contribution in [-0.2, 0) is 0 Å². The third-order valence-corrected chi connectivity index (χ3v) is 5.53. The molecular formula is C20H17FN4O2. The number of halogens is 1. The van der Waals surface area contributed by atoms with E-state index in [0.717, 1.165) is 19.3 Å². The van der Waals surface area contributed by atoms with E-state index in [1.54, 1.807) is 36.7 Å². The molecule has 136 valence electrons. The zero-order valence-corrected chi connectivity index (χ0v) is 14.5. The van der Waals surface area contributed by atoms with Crippen molar-refractivity contribution in [2.75, 3.05) is 0 Å². The van der Waals surface area contributed by atoms with Crippen LogP contribution in [0.1, 0.15) is 41.6 Å². The number of likely N-dealkylation sites (tertiary alicyclic amines) is 1. The van der Waals surface area contributed by atoms with E-state index in [4.69, 9.17) is 4.52 Å². The number of aromatic nitrogens is 3. The number of hydrogen-bond acceptors (Lipinski definition) is 5. The summed E-state index contributed by atoms with van der Waals surface area (Å²) in [6.07, 6.45) is 6.22. The second-order valence-electron chi connectivity index (χ2n) is 7.09. The number of carbonyl (C=O) groups is 1. The Morgan fingerprint density at radius 3 is 2.81 bits per heavy atom. The van der Waals surface area contributed by atoms with Gasteiger partial charge in [-0.25, -0.2) is 4.39 Å². The van der Waals surface area contributed by atoms with E-state index in [2.05, 4.69) is 15.1 Å². The van der Waals surface area contributed by atoms with Crippen LogP contribution in [0.5, 0.6) is 0 Å². The quantitative estimate of drug-likeness (QED) is 0.709. The summed E-state index contributed by atoms with van der Waals surface area (Å²) in [5, 5.41) is 4.05. The Balaban J connectivity index is 1.48. The highest BCUT2D eigenvalue weighted by Crippen LogP contribution is 2.50. The Morgan fingerprint density at radius 2 is 2.04 bits per heavy atom. The Hall–Kier alpha value is -3.09. The molecule has 27 heavy (non-hydrogen) atoms. The highest BCUT2D eigenvalue weighted by Gasteiger charge is 2.51. The summed E-state index contributed by atoms with van der Waals surface area (Å²) in [4.78, 5) is 23.6. The second kappa shape index (κ2) is 6.26. The summed E-state index contributed by atoms with van der Waals surface area (Å²) in [5.41, 5.74) is 1.24. The number of fused-ring (bicyclic) bond motifs is 2. The molecule has 2 aromatic heterocycles. The zero-order valence-electron chi connectivity index (χ0n) is 14.5. The van der Waals surface area contributed by atoms with Crippen molar-refractivity contribution in [3.63, 3.8) is 0 Å². The van der Waals surface area contributed by atoms with Crippen molar-refractivity contribution in [3.05, 3.63) is 66.1 Å². The van der Waals surface area contributed by atoms with Crippen molar-refractivity contribution in [1.82, 2.24) is 20.0 Å². The molecule has 1 aliphatic heterocycles. The van der Waals surface area contributed by atoms with Gasteiger partial charge in [-0.3, -0.25) is 9.78 Å². The fourth-order valence-corrected chi connectivity index (χ4v) is 4.31. The highest BCUT2D eigenvalue weighted by atomic mass is 19.1. The summed E-state index contributed by atoms with van der Waals surface area (Å²) >= 11 is 0. The smallest absolute Gasteiger partial charge is 0.256 e. The first-order chi connectivity index (χ1) is 13.2. The zero-order chi connectivity index (χ0) is 18.4. The van der Waals surface area contributed by atoms with E-state index < -0.39 is 0 Å². The van der Waals surface area contributed by atoms with Crippen LogP contribution in [0, 0.1) is 11.7 Å². The van der Waals surface area contributed by atoms with Crippen molar-refractivity contribution in [2.45, 2.75) is 31.3 Å². The molecule has 0 spiro atoms. The summed E-state index contributed by atoms with van der Waals surface area (Å²) in [7, 11) is 0. The number of pyridine rings is 1. The second-order valence-corrected chi connectivity index (χ2v) is 7.09. The summed E-state index contributed by atoms with van der Waals surface area (Å²) in [5.74, 6) is 0.795. The number of rotatable bonds is 3. The lowest BCUT2D eigenvalue weighted by Crippen LogP contribution is -2.40. The van der Waals surface area contributed by atoms with E-state index >= 15 is 0 Å². The molecule has 1 amide bonds. The van der Waals surface area contributed by atoms with Gasteiger partial charge in [0.2, 0.25) is 11.7 Å². The Morgan fingerprint density at radius 1 is 1.19 bits per heavy atom. The lowest BCUT2D eigenvalue weighted by Gasteiger charge is -2.33. The Bertz CT molecular complexity index is 973. The molecule has 7 heteroatoms. The van der Waals surface area contributed by atoms with Crippen molar-refractivity contribution in [1.29, 1.82) is 0 Å². The SMILES string of the molecule is O=C(c1cccnc1)N1[C@H]2CC[C@H](C2)[C@H]1c1nc(-c2ccc(F)cc2)no1. The summed E-state index contributed by atoms with van der Waals surface area (Å²) < 4.78 is 18.7. The molecule has 1 saturated heterocycles. The topological polar surface area (TPSA) is 72.1 Å². The maximum Gasteiger partial charge on any atom is 0.256 e. The van der Waals surface area contributed by atoms with Gasteiger partial charge in [0, 0.05) is 24.0 Å². The number of benzene rings is 1. The molecule has 2 fully saturated rings. The predicted octanol–water partition coefficient (Wildman–Crippen LogP) is 3.64. The molecule has 0 N–H and O–H groups in total. The summed E-state index contributed by atoms with van der Waals surface area (Å²) in [6.45, 7) is 0. The van der Waals surface area contributed by atoms with Gasteiger partial charge < -0.3 is 9.42 Å². The van der Waals surface area contributed by atoms with Crippen LogP contribution in [-0.4, -0.2) is 32.0 Å². The number of nitrogens with zero attached hydrogens (tertiary/aromatic N) is 4. The van der Waals surface area contributed by atoms with Gasteiger partial charge in [0.05, 0.1) is 5.56 Å². The van der Waals surface area contributed by atoms with Crippen LogP contribution in [0.3, 0.4) is 0 Å². The minimum Gasteiger partial charge on any atom is -0.337 e. The molecule has 1 aromatic carbocycles. The molecule has 3 heterocycles. The van der Waals surface area contributed by atoms with Crippen molar-refractivity contribution in [2.24, 2.45) is 5.92 Å². The molecule has 0 unspecified atom stereocenters. The number of hydrogen-bond donors (Lipinski definition) is 0. The largest absolute Gasteiger partial charge is 0.337 e. The molecule has 5 rings (SSSR count). The minimum absolute atomic E-state index is 0.0539. The molecule has 3 aromatic rings. The summed E-state index contributed by atoms with van der Waals surface area (Å²) in [6, 6.07) is 9.45. The van der Waals surface area contributed by atoms with E-state index in [1.165, 1.54) is 12.1 Å². The van der Waals surface area contributed by atoms with Crippen molar-refractivity contribution >= 4 is 5.91 Å². The molecule has 2 aliphatic rings. The van der Waals surface area contributed by atoms with Gasteiger partial charge in [-0.2, -0.15) is 4.98 Å². The van der Waals surface area contributed by atoms with Gasteiger partial charge >= 0.3 is 0 Å². The standard InChI is InChI=1S/C20H17FN4O2/c21-15-6-3-12(4-7-15)18-23-19(27-24-18)17-13-5-8-16(10-13)25(17)20(26)14-2-1-9-22-11-14/h1-4,6-7,9,11,13,16-17H,5,8,10H2/t13-,16+,17+/m1/s1. The molecule has 2 bridgehead atoms. The van der Waals surface area contributed by atoms with Gasteiger partial charge in [-0.15, -0.1) is 0 Å². The van der Waals surface area contributed by atoms with Gasteiger partial charge in [0.15, 0.2) is 0 Å². The van der Waals surface area contributed by atoms with E-state index in [1.807, 2.05) is 4.90 Å². The van der Waals surface area contributed by atoms with E-state index in [0.29, 0.717) is 28.8 Å². The predicted molar refractivity (Wildman–Crippen MR) is 94.0 cm³/mol. The Labute approximate surface area is 155 Å². The van der Waals surface area contributed by atoms with Crippen LogP contribution in [0.25, 0.3) is 11.4 Å². The van der Waals surface area contributed by atoms with Crippen LogP contribution in [0.4, 0.5) is 4.39 Å². The average molecular weight is 364 g/mol. The van der Waals surface area contributed by atoms with Crippen molar-refractivity contribution < 1.29 is 13.7 Å². The fraction of sp³-hybridized carbons (Fsp3) is 0.300. The van der Waals surface area contributed by atoms with Gasteiger partial charge in [-0.05, 0) is 61.6 Å². The maximum absolute atomic E-state index is 13.1. The number of piperidine rings is 1. The molecular weight excluding hydrogens is 347 g/mol. The first-order valence-electron chi connectivity index (χ1n) is 9.03. The van der Waals surface area contributed by atoms with Crippen LogP contribution >= 0.6 is 0 Å². The minimum atomic E-state index is -0.316. The third-order valence-electron chi connectivity index (χ3n) is 5.53. The number of amides is 1. The maximum atomic E-state index is 13.1. The first-order valence-corrected chi connectivity index (χ1v) is 9.03. The van der Waals surface area contributed by atoms with Gasteiger partial charge in [0.25, 0.3) is 5.91 Å². The monoisotopic (exact) mass is 364 g/mol. The van der Waals surface area contributed by atoms with Crippen LogP contribution < -0.4 is 0 Å². The third kappa shape index (κ3) is 2.70. The number of carbonyl (C=O) groups excluding carboxylic acids is 1. The molecule has 6 nitrogen and oxygen atoms in total. The molecule has 0 radical (unpaired) electrons. The average Bonchev–Trinajstić information content (AvgIpc) is 3.44. The highest BCUT2D eigenvalue weighted by molar-refractivity contribution is 5.94. The van der Waals surface area contributed by atoms with Crippen LogP contribution in [0.2, 0.25) is 0 Å². The molecule has 3 atom stereocenters. The van der Waals surface area contributed by atoms with E-state index in [-0.39, 0.29) is 23.8 Å². The van der Waals surface area contributed by atoms with E-state index in [9.17, 15) is 9.18 Å². The van der Waals surface area contributed by atoms with Gasteiger partial charge in [0.1, 0.15) is 11.9 Å².